The SMILES string of the molecule is CCNc1cc(N(C)c2ccc(C)cc2)ccn1. The van der Waals surface area contributed by atoms with E-state index in [0.29, 0.717) is 0 Å². The van der Waals surface area contributed by atoms with Gasteiger partial charge in [0.25, 0.3) is 0 Å². The minimum Gasteiger partial charge on any atom is -0.370 e. The zero-order chi connectivity index (χ0) is 13.0. The molecule has 1 heterocycles. The normalized spacial score (nSPS) is 10.2. The summed E-state index contributed by atoms with van der Waals surface area (Å²) < 4.78 is 0. The van der Waals surface area contributed by atoms with Gasteiger partial charge in [0.2, 0.25) is 0 Å². The average molecular weight is 241 g/mol. The molecule has 3 nitrogen and oxygen atoms in total. The minimum atomic E-state index is 0.880. The molecule has 0 unspecified atom stereocenters. The monoisotopic (exact) mass is 241 g/mol. The highest BCUT2D eigenvalue weighted by Gasteiger charge is 2.04. The lowest BCUT2D eigenvalue weighted by atomic mass is 10.2. The van der Waals surface area contributed by atoms with Crippen molar-refractivity contribution in [3.05, 3.63) is 48.2 Å². The van der Waals surface area contributed by atoms with Gasteiger partial charge in [-0.3, -0.25) is 0 Å². The third-order valence-corrected chi connectivity index (χ3v) is 2.91. The van der Waals surface area contributed by atoms with Crippen molar-refractivity contribution in [1.82, 2.24) is 4.98 Å². The Morgan fingerprint density at radius 3 is 2.50 bits per heavy atom. The van der Waals surface area contributed by atoms with Crippen LogP contribution in [0, 0.1) is 6.92 Å². The van der Waals surface area contributed by atoms with Gasteiger partial charge in [-0.25, -0.2) is 4.98 Å². The number of hydrogen-bond donors (Lipinski definition) is 1. The molecule has 0 aliphatic carbocycles. The van der Waals surface area contributed by atoms with E-state index < -0.39 is 0 Å². The van der Waals surface area contributed by atoms with Crippen LogP contribution in [0.1, 0.15) is 12.5 Å². The number of nitrogens with one attached hydrogen (secondary N) is 1. The van der Waals surface area contributed by atoms with Crippen LogP contribution in [0.4, 0.5) is 17.2 Å². The Morgan fingerprint density at radius 1 is 1.11 bits per heavy atom. The summed E-state index contributed by atoms with van der Waals surface area (Å²) in [6.07, 6.45) is 1.83. The van der Waals surface area contributed by atoms with Gasteiger partial charge in [0.05, 0.1) is 0 Å². The van der Waals surface area contributed by atoms with Crippen LogP contribution in [-0.2, 0) is 0 Å². The zero-order valence-corrected chi connectivity index (χ0v) is 11.1. The number of aryl methyl sites for hydroxylation is 1. The molecule has 0 radical (unpaired) electrons. The molecule has 0 aliphatic rings. The standard InChI is InChI=1S/C15H19N3/c1-4-16-15-11-14(9-10-17-15)18(3)13-7-5-12(2)6-8-13/h5-11H,4H2,1-3H3,(H,16,17). The van der Waals surface area contributed by atoms with Crippen LogP contribution >= 0.6 is 0 Å². The van der Waals surface area contributed by atoms with Crippen molar-refractivity contribution in [1.29, 1.82) is 0 Å². The lowest BCUT2D eigenvalue weighted by Gasteiger charge is -2.20. The smallest absolute Gasteiger partial charge is 0.127 e. The van der Waals surface area contributed by atoms with E-state index in [-0.39, 0.29) is 0 Å². The molecular formula is C15H19N3. The predicted molar refractivity (Wildman–Crippen MR) is 77.6 cm³/mol. The summed E-state index contributed by atoms with van der Waals surface area (Å²) in [5, 5.41) is 3.23. The molecule has 0 fully saturated rings. The maximum atomic E-state index is 4.28. The first-order valence-electron chi connectivity index (χ1n) is 6.21. The molecule has 0 saturated heterocycles. The van der Waals surface area contributed by atoms with Crippen molar-refractivity contribution in [2.75, 3.05) is 23.8 Å². The first-order chi connectivity index (χ1) is 8.70. The number of pyridine rings is 1. The van der Waals surface area contributed by atoms with Crippen LogP contribution in [0.2, 0.25) is 0 Å². The van der Waals surface area contributed by atoms with Crippen LogP contribution in [0.3, 0.4) is 0 Å². The maximum absolute atomic E-state index is 4.28. The zero-order valence-electron chi connectivity index (χ0n) is 11.1. The summed E-state index contributed by atoms with van der Waals surface area (Å²) in [7, 11) is 2.07. The Bertz CT molecular complexity index is 505. The molecule has 18 heavy (non-hydrogen) atoms. The van der Waals surface area contributed by atoms with E-state index in [1.807, 2.05) is 12.3 Å². The summed E-state index contributed by atoms with van der Waals surface area (Å²) in [6.45, 7) is 5.04. The maximum Gasteiger partial charge on any atom is 0.127 e. The van der Waals surface area contributed by atoms with Crippen LogP contribution in [-0.4, -0.2) is 18.6 Å². The number of aromatic nitrogens is 1. The Morgan fingerprint density at radius 2 is 1.83 bits per heavy atom. The van der Waals surface area contributed by atoms with Crippen molar-refractivity contribution < 1.29 is 0 Å². The van der Waals surface area contributed by atoms with Crippen molar-refractivity contribution in [2.45, 2.75) is 13.8 Å². The molecule has 1 N–H and O–H groups in total. The number of anilines is 3. The first-order valence-corrected chi connectivity index (χ1v) is 6.21. The largest absolute Gasteiger partial charge is 0.370 e. The highest BCUT2D eigenvalue weighted by molar-refractivity contribution is 5.65. The summed E-state index contributed by atoms with van der Waals surface area (Å²) in [5.41, 5.74) is 3.58. The average Bonchev–Trinajstić information content (AvgIpc) is 2.39. The molecule has 2 aromatic rings. The van der Waals surface area contributed by atoms with E-state index in [9.17, 15) is 0 Å². The van der Waals surface area contributed by atoms with E-state index in [4.69, 9.17) is 0 Å². The van der Waals surface area contributed by atoms with Crippen LogP contribution in [0.5, 0.6) is 0 Å². The van der Waals surface area contributed by atoms with Crippen molar-refractivity contribution in [3.8, 4) is 0 Å². The van der Waals surface area contributed by atoms with Crippen LogP contribution in [0.25, 0.3) is 0 Å². The van der Waals surface area contributed by atoms with E-state index in [1.165, 1.54) is 11.3 Å². The summed E-state index contributed by atoms with van der Waals surface area (Å²) in [4.78, 5) is 6.44. The van der Waals surface area contributed by atoms with Gasteiger partial charge < -0.3 is 10.2 Å². The fourth-order valence-corrected chi connectivity index (χ4v) is 1.82. The van der Waals surface area contributed by atoms with Crippen molar-refractivity contribution >= 4 is 17.2 Å². The quantitative estimate of drug-likeness (QED) is 0.886. The molecule has 2 rings (SSSR count). The molecule has 0 saturated carbocycles. The Hall–Kier alpha value is -2.03. The summed E-state index contributed by atoms with van der Waals surface area (Å²) >= 11 is 0. The van der Waals surface area contributed by atoms with Crippen LogP contribution in [0.15, 0.2) is 42.6 Å². The van der Waals surface area contributed by atoms with E-state index in [0.717, 1.165) is 18.1 Å². The summed E-state index contributed by atoms with van der Waals surface area (Å²) in [5.74, 6) is 0.911. The molecule has 0 amide bonds. The lowest BCUT2D eigenvalue weighted by molar-refractivity contribution is 1.14. The van der Waals surface area contributed by atoms with Crippen LogP contribution < -0.4 is 10.2 Å². The number of rotatable bonds is 4. The molecule has 1 aromatic heterocycles. The Kier molecular flexibility index (Phi) is 3.82. The highest BCUT2D eigenvalue weighted by Crippen LogP contribution is 2.24. The Labute approximate surface area is 108 Å². The van der Waals surface area contributed by atoms with Gasteiger partial charge in [-0.15, -0.1) is 0 Å². The molecule has 0 atom stereocenters. The second-order valence-electron chi connectivity index (χ2n) is 4.32. The first kappa shape index (κ1) is 12.4. The number of benzene rings is 1. The molecule has 0 aliphatic heterocycles. The fraction of sp³-hybridized carbons (Fsp3) is 0.267. The second-order valence-corrected chi connectivity index (χ2v) is 4.32. The van der Waals surface area contributed by atoms with Crippen molar-refractivity contribution in [3.63, 3.8) is 0 Å². The predicted octanol–water partition coefficient (Wildman–Crippen LogP) is 3.59. The van der Waals surface area contributed by atoms with Gasteiger partial charge >= 0.3 is 0 Å². The third kappa shape index (κ3) is 2.80. The van der Waals surface area contributed by atoms with E-state index in [2.05, 4.69) is 66.4 Å². The van der Waals surface area contributed by atoms with Gasteiger partial charge in [-0.05, 0) is 32.0 Å². The van der Waals surface area contributed by atoms with E-state index >= 15 is 0 Å². The number of hydrogen-bond acceptors (Lipinski definition) is 3. The van der Waals surface area contributed by atoms with Gasteiger partial charge in [-0.1, -0.05) is 17.7 Å². The summed E-state index contributed by atoms with van der Waals surface area (Å²) in [6, 6.07) is 12.6. The number of nitrogens with zero attached hydrogens (tertiary/aromatic N) is 2. The van der Waals surface area contributed by atoms with Gasteiger partial charge in [0.1, 0.15) is 5.82 Å². The second kappa shape index (κ2) is 5.54. The lowest BCUT2D eigenvalue weighted by Crippen LogP contribution is -2.10. The van der Waals surface area contributed by atoms with Crippen molar-refractivity contribution in [2.24, 2.45) is 0 Å². The Balaban J connectivity index is 2.24. The van der Waals surface area contributed by atoms with E-state index in [1.54, 1.807) is 0 Å². The fourth-order valence-electron chi connectivity index (χ4n) is 1.82. The highest BCUT2D eigenvalue weighted by atomic mass is 15.1. The minimum absolute atomic E-state index is 0.880. The molecular weight excluding hydrogens is 222 g/mol. The molecule has 1 aromatic carbocycles. The molecule has 0 bridgehead atoms. The molecule has 0 spiro atoms. The topological polar surface area (TPSA) is 28.2 Å². The molecule has 94 valence electrons. The van der Waals surface area contributed by atoms with Gasteiger partial charge in [0, 0.05) is 37.2 Å². The third-order valence-electron chi connectivity index (χ3n) is 2.91. The molecule has 3 heteroatoms. The van der Waals surface area contributed by atoms with Gasteiger partial charge in [-0.2, -0.15) is 0 Å². The van der Waals surface area contributed by atoms with Gasteiger partial charge in [0.15, 0.2) is 0 Å².